The van der Waals surface area contributed by atoms with Crippen LogP contribution >= 0.6 is 11.8 Å². The quantitative estimate of drug-likeness (QED) is 0.622. The predicted molar refractivity (Wildman–Crippen MR) is 88.7 cm³/mol. The Hall–Kier alpha value is -0.880. The smallest absolute Gasteiger partial charge is 0.233 e. The van der Waals surface area contributed by atoms with E-state index < -0.39 is 10.0 Å². The van der Waals surface area contributed by atoms with E-state index in [2.05, 4.69) is 11.6 Å². The Labute approximate surface area is 126 Å². The van der Waals surface area contributed by atoms with Gasteiger partial charge in [0.15, 0.2) is 0 Å². The van der Waals surface area contributed by atoms with Crippen molar-refractivity contribution in [2.45, 2.75) is 39.0 Å². The van der Waals surface area contributed by atoms with Crippen LogP contribution in [0.1, 0.15) is 34.1 Å². The van der Waals surface area contributed by atoms with Gasteiger partial charge in [0, 0.05) is 4.90 Å². The van der Waals surface area contributed by atoms with Gasteiger partial charge in [-0.25, -0.2) is 8.42 Å². The number of nitrogen functional groups attached to an aromatic ring is 1. The predicted octanol–water partition coefficient (Wildman–Crippen LogP) is 3.56. The topological polar surface area (TPSA) is 72.2 Å². The van der Waals surface area contributed by atoms with Gasteiger partial charge in [0.05, 0.1) is 17.1 Å². The first kappa shape index (κ1) is 17.2. The van der Waals surface area contributed by atoms with Crippen LogP contribution in [0.2, 0.25) is 0 Å². The second-order valence-corrected chi connectivity index (χ2v) is 8.91. The van der Waals surface area contributed by atoms with Crippen molar-refractivity contribution in [3.63, 3.8) is 0 Å². The Morgan fingerprint density at radius 2 is 1.95 bits per heavy atom. The summed E-state index contributed by atoms with van der Waals surface area (Å²) in [4.78, 5) is 1.02. The summed E-state index contributed by atoms with van der Waals surface area (Å²) in [6, 6.07) is 5.46. The van der Waals surface area contributed by atoms with Crippen LogP contribution in [-0.2, 0) is 10.0 Å². The van der Waals surface area contributed by atoms with Gasteiger partial charge in [-0.1, -0.05) is 27.7 Å². The van der Waals surface area contributed by atoms with Crippen molar-refractivity contribution in [3.05, 3.63) is 18.2 Å². The minimum absolute atomic E-state index is 0.0613. The molecule has 1 rings (SSSR count). The SMILES string of the molecule is CCCSc1ccc(N)c(NS(=O)(=O)CC(C)(C)C)c1. The van der Waals surface area contributed by atoms with Gasteiger partial charge in [-0.2, -0.15) is 0 Å². The number of nitrogens with two attached hydrogens (primary N) is 1. The number of nitrogens with one attached hydrogen (secondary N) is 1. The van der Waals surface area contributed by atoms with E-state index in [9.17, 15) is 8.42 Å². The lowest BCUT2D eigenvalue weighted by atomic mass is 10.0. The molecule has 114 valence electrons. The number of thioether (sulfide) groups is 1. The molecular weight excluding hydrogens is 292 g/mol. The molecule has 4 nitrogen and oxygen atoms in total. The molecule has 0 aliphatic heterocycles. The molecule has 3 N–H and O–H groups in total. The molecule has 0 fully saturated rings. The molecule has 1 aromatic carbocycles. The summed E-state index contributed by atoms with van der Waals surface area (Å²) in [6.07, 6.45) is 1.07. The van der Waals surface area contributed by atoms with E-state index in [1.165, 1.54) is 0 Å². The zero-order valence-electron chi connectivity index (χ0n) is 12.6. The lowest BCUT2D eigenvalue weighted by molar-refractivity contribution is 0.463. The van der Waals surface area contributed by atoms with Gasteiger partial charge in [-0.3, -0.25) is 4.72 Å². The molecule has 1 aromatic rings. The molecule has 0 saturated heterocycles. The molecule has 0 aromatic heterocycles. The first-order chi connectivity index (χ1) is 9.13. The highest BCUT2D eigenvalue weighted by atomic mass is 32.2. The van der Waals surface area contributed by atoms with Crippen LogP contribution in [0.25, 0.3) is 0 Å². The Kier molecular flexibility index (Phi) is 5.77. The third kappa shape index (κ3) is 6.05. The highest BCUT2D eigenvalue weighted by Crippen LogP contribution is 2.28. The highest BCUT2D eigenvalue weighted by Gasteiger charge is 2.22. The summed E-state index contributed by atoms with van der Waals surface area (Å²) < 4.78 is 26.8. The van der Waals surface area contributed by atoms with Crippen LogP contribution in [0, 0.1) is 5.41 Å². The average molecular weight is 316 g/mol. The van der Waals surface area contributed by atoms with E-state index in [1.54, 1.807) is 23.9 Å². The summed E-state index contributed by atoms with van der Waals surface area (Å²) >= 11 is 1.69. The maximum absolute atomic E-state index is 12.1. The van der Waals surface area contributed by atoms with Gasteiger partial charge in [-0.05, 0) is 35.8 Å². The molecule has 20 heavy (non-hydrogen) atoms. The molecule has 0 atom stereocenters. The van der Waals surface area contributed by atoms with Crippen molar-refractivity contribution in [1.29, 1.82) is 0 Å². The number of benzene rings is 1. The average Bonchev–Trinajstić information content (AvgIpc) is 2.26. The van der Waals surface area contributed by atoms with Crippen LogP contribution in [0.3, 0.4) is 0 Å². The van der Waals surface area contributed by atoms with Crippen LogP contribution in [0.4, 0.5) is 11.4 Å². The summed E-state index contributed by atoms with van der Waals surface area (Å²) in [5.41, 5.74) is 6.47. The molecule has 0 radical (unpaired) electrons. The second-order valence-electron chi connectivity index (χ2n) is 6.02. The van der Waals surface area contributed by atoms with Gasteiger partial charge >= 0.3 is 0 Å². The minimum atomic E-state index is -3.39. The second kappa shape index (κ2) is 6.72. The summed E-state index contributed by atoms with van der Waals surface area (Å²) in [6.45, 7) is 7.78. The van der Waals surface area contributed by atoms with Gasteiger partial charge < -0.3 is 5.73 Å². The number of hydrogen-bond acceptors (Lipinski definition) is 4. The number of anilines is 2. The largest absolute Gasteiger partial charge is 0.397 e. The van der Waals surface area contributed by atoms with Crippen molar-refractivity contribution in [3.8, 4) is 0 Å². The maximum atomic E-state index is 12.1. The van der Waals surface area contributed by atoms with E-state index in [-0.39, 0.29) is 11.2 Å². The van der Waals surface area contributed by atoms with Crippen LogP contribution < -0.4 is 10.5 Å². The normalized spacial score (nSPS) is 12.4. The Balaban J connectivity index is 2.91. The molecule has 0 aliphatic carbocycles. The molecule has 0 aliphatic rings. The highest BCUT2D eigenvalue weighted by molar-refractivity contribution is 7.99. The van der Waals surface area contributed by atoms with Crippen molar-refractivity contribution in [1.82, 2.24) is 0 Å². The van der Waals surface area contributed by atoms with Crippen LogP contribution in [-0.4, -0.2) is 19.9 Å². The first-order valence-electron chi connectivity index (χ1n) is 6.66. The third-order valence-electron chi connectivity index (χ3n) is 2.39. The van der Waals surface area contributed by atoms with Crippen molar-refractivity contribution >= 4 is 33.2 Å². The van der Waals surface area contributed by atoms with Gasteiger partial charge in [-0.15, -0.1) is 11.8 Å². The fourth-order valence-corrected chi connectivity index (χ4v) is 4.24. The lowest BCUT2D eigenvalue weighted by Crippen LogP contribution is -2.26. The maximum Gasteiger partial charge on any atom is 0.233 e. The van der Waals surface area contributed by atoms with Gasteiger partial charge in [0.2, 0.25) is 10.0 Å². The Morgan fingerprint density at radius 1 is 1.30 bits per heavy atom. The standard InChI is InChI=1S/C14H24N2O2S2/c1-5-8-19-11-6-7-12(15)13(9-11)16-20(17,18)10-14(2,3)4/h6-7,9,16H,5,8,10,15H2,1-4H3. The lowest BCUT2D eigenvalue weighted by Gasteiger charge is -2.19. The van der Waals surface area contributed by atoms with E-state index >= 15 is 0 Å². The number of sulfonamides is 1. The zero-order valence-corrected chi connectivity index (χ0v) is 14.2. The molecule has 0 bridgehead atoms. The molecule has 0 spiro atoms. The van der Waals surface area contributed by atoms with E-state index in [1.807, 2.05) is 26.8 Å². The molecular formula is C14H24N2O2S2. The number of hydrogen-bond donors (Lipinski definition) is 2. The molecule has 0 amide bonds. The summed E-state index contributed by atoms with van der Waals surface area (Å²) in [5.74, 6) is 1.06. The molecule has 6 heteroatoms. The monoisotopic (exact) mass is 316 g/mol. The van der Waals surface area contributed by atoms with Gasteiger partial charge in [0.25, 0.3) is 0 Å². The van der Waals surface area contributed by atoms with Crippen molar-refractivity contribution in [2.24, 2.45) is 5.41 Å². The first-order valence-corrected chi connectivity index (χ1v) is 9.29. The fraction of sp³-hybridized carbons (Fsp3) is 0.571. The molecule has 0 heterocycles. The summed E-state index contributed by atoms with van der Waals surface area (Å²) in [7, 11) is -3.39. The Bertz CT molecular complexity index is 549. The van der Waals surface area contributed by atoms with E-state index in [0.717, 1.165) is 17.1 Å². The zero-order chi connectivity index (χ0) is 15.4. The van der Waals surface area contributed by atoms with E-state index in [0.29, 0.717) is 11.4 Å². The van der Waals surface area contributed by atoms with Crippen molar-refractivity contribution < 1.29 is 8.42 Å². The minimum Gasteiger partial charge on any atom is -0.397 e. The molecule has 0 unspecified atom stereocenters. The molecule has 0 saturated carbocycles. The Morgan fingerprint density at radius 3 is 2.50 bits per heavy atom. The van der Waals surface area contributed by atoms with Crippen LogP contribution in [0.5, 0.6) is 0 Å². The van der Waals surface area contributed by atoms with Crippen molar-refractivity contribution in [2.75, 3.05) is 22.0 Å². The number of rotatable bonds is 6. The van der Waals surface area contributed by atoms with E-state index in [4.69, 9.17) is 5.73 Å². The fourth-order valence-electron chi connectivity index (χ4n) is 1.71. The third-order valence-corrected chi connectivity index (χ3v) is 5.36. The van der Waals surface area contributed by atoms with Gasteiger partial charge in [0.1, 0.15) is 0 Å². The van der Waals surface area contributed by atoms with Crippen LogP contribution in [0.15, 0.2) is 23.1 Å². The summed E-state index contributed by atoms with van der Waals surface area (Å²) in [5, 5.41) is 0.